The lowest BCUT2D eigenvalue weighted by Gasteiger charge is -2.30. The molecule has 2 amide bonds. The van der Waals surface area contributed by atoms with Gasteiger partial charge in [0, 0.05) is 45.2 Å². The Bertz CT molecular complexity index is 914. The van der Waals surface area contributed by atoms with E-state index in [1.54, 1.807) is 0 Å². The van der Waals surface area contributed by atoms with Gasteiger partial charge < -0.3 is 20.1 Å². The lowest BCUT2D eigenvalue weighted by Crippen LogP contribution is -2.45. The smallest absolute Gasteiger partial charge is 0.227 e. The molecule has 2 N–H and O–H groups in total. The second-order valence-electron chi connectivity index (χ2n) is 8.63. The summed E-state index contributed by atoms with van der Waals surface area (Å²) in [5.74, 6) is 0.735. The lowest BCUT2D eigenvalue weighted by atomic mass is 9.89. The van der Waals surface area contributed by atoms with Crippen LogP contribution in [0.25, 0.3) is 0 Å². The van der Waals surface area contributed by atoms with Gasteiger partial charge in [0.15, 0.2) is 5.82 Å². The van der Waals surface area contributed by atoms with Crippen molar-refractivity contribution >= 4 is 23.2 Å². The zero-order chi connectivity index (χ0) is 22.4. The average Bonchev–Trinajstić information content (AvgIpc) is 3.06. The molecule has 1 fully saturated rings. The van der Waals surface area contributed by atoms with Crippen molar-refractivity contribution in [3.05, 3.63) is 35.5 Å². The number of aromatic nitrogens is 2. The van der Waals surface area contributed by atoms with Crippen molar-refractivity contribution in [3.8, 4) is 0 Å². The standard InChI is InChI=1S/C23H33N5O3/c1-16-15-18(9-10-19(16)28(3)4)24-20(30)11-12-21-25-22(27-31-21)23(26-17(2)29)13-7-5-6-8-14-23/h9-10,15H,5-8,11-14H2,1-4H3,(H,24,30)(H,26,29). The van der Waals surface area contributed by atoms with Gasteiger partial charge in [0.25, 0.3) is 0 Å². The average molecular weight is 428 g/mol. The highest BCUT2D eigenvalue weighted by molar-refractivity contribution is 5.91. The largest absolute Gasteiger partial charge is 0.377 e. The number of benzene rings is 1. The SMILES string of the molecule is CC(=O)NC1(c2noc(CCC(=O)Nc3ccc(N(C)C)c(C)c3)n2)CCCCCC1. The molecule has 1 aliphatic carbocycles. The minimum absolute atomic E-state index is 0.0943. The van der Waals surface area contributed by atoms with Crippen LogP contribution in [0.5, 0.6) is 0 Å². The molecule has 0 atom stereocenters. The first-order chi connectivity index (χ1) is 14.8. The summed E-state index contributed by atoms with van der Waals surface area (Å²) < 4.78 is 5.43. The first-order valence-electron chi connectivity index (χ1n) is 11.0. The molecule has 1 aromatic carbocycles. The Morgan fingerprint density at radius 2 is 1.87 bits per heavy atom. The van der Waals surface area contributed by atoms with Crippen LogP contribution < -0.4 is 15.5 Å². The Hall–Kier alpha value is -2.90. The van der Waals surface area contributed by atoms with E-state index < -0.39 is 5.54 Å². The van der Waals surface area contributed by atoms with Gasteiger partial charge in [-0.3, -0.25) is 9.59 Å². The molecule has 1 aliphatic rings. The fraction of sp³-hybridized carbons (Fsp3) is 0.565. The van der Waals surface area contributed by atoms with Gasteiger partial charge in [-0.15, -0.1) is 0 Å². The van der Waals surface area contributed by atoms with E-state index in [1.165, 1.54) is 6.92 Å². The molecule has 1 saturated carbocycles. The summed E-state index contributed by atoms with van der Waals surface area (Å²) in [4.78, 5) is 30.8. The molecule has 168 valence electrons. The van der Waals surface area contributed by atoms with E-state index in [0.717, 1.165) is 55.5 Å². The third kappa shape index (κ3) is 5.83. The van der Waals surface area contributed by atoms with Crippen LogP contribution in [0.4, 0.5) is 11.4 Å². The Morgan fingerprint density at radius 1 is 1.16 bits per heavy atom. The van der Waals surface area contributed by atoms with Crippen LogP contribution in [0, 0.1) is 6.92 Å². The van der Waals surface area contributed by atoms with Gasteiger partial charge in [-0.1, -0.05) is 30.8 Å². The highest BCUT2D eigenvalue weighted by Crippen LogP contribution is 2.34. The van der Waals surface area contributed by atoms with Gasteiger partial charge in [0.1, 0.15) is 5.54 Å². The maximum Gasteiger partial charge on any atom is 0.227 e. The van der Waals surface area contributed by atoms with Crippen LogP contribution in [0.15, 0.2) is 22.7 Å². The second kappa shape index (κ2) is 9.94. The van der Waals surface area contributed by atoms with Gasteiger partial charge in [-0.05, 0) is 43.5 Å². The third-order valence-corrected chi connectivity index (χ3v) is 5.80. The van der Waals surface area contributed by atoms with E-state index in [1.807, 2.05) is 44.1 Å². The maximum absolute atomic E-state index is 12.4. The Morgan fingerprint density at radius 3 is 2.48 bits per heavy atom. The van der Waals surface area contributed by atoms with Crippen molar-refractivity contribution < 1.29 is 14.1 Å². The Labute approximate surface area is 183 Å². The Balaban J connectivity index is 1.62. The van der Waals surface area contributed by atoms with E-state index in [4.69, 9.17) is 4.52 Å². The first kappa shape index (κ1) is 22.8. The number of nitrogens with zero attached hydrogens (tertiary/aromatic N) is 3. The highest BCUT2D eigenvalue weighted by atomic mass is 16.5. The van der Waals surface area contributed by atoms with E-state index in [2.05, 4.69) is 20.8 Å². The molecule has 0 saturated heterocycles. The topological polar surface area (TPSA) is 100 Å². The highest BCUT2D eigenvalue weighted by Gasteiger charge is 2.38. The minimum atomic E-state index is -0.571. The van der Waals surface area contributed by atoms with Gasteiger partial charge in [0.2, 0.25) is 17.7 Å². The summed E-state index contributed by atoms with van der Waals surface area (Å²) in [5, 5.41) is 10.2. The zero-order valence-corrected chi connectivity index (χ0v) is 19.0. The van der Waals surface area contributed by atoms with Crippen LogP contribution >= 0.6 is 0 Å². The number of nitrogens with one attached hydrogen (secondary N) is 2. The van der Waals surface area contributed by atoms with E-state index >= 15 is 0 Å². The van der Waals surface area contributed by atoms with Crippen molar-refractivity contribution in [2.75, 3.05) is 24.3 Å². The van der Waals surface area contributed by atoms with Gasteiger partial charge >= 0.3 is 0 Å². The molecule has 31 heavy (non-hydrogen) atoms. The van der Waals surface area contributed by atoms with E-state index in [9.17, 15) is 9.59 Å². The van der Waals surface area contributed by atoms with Crippen LogP contribution in [-0.4, -0.2) is 36.1 Å². The predicted octanol–water partition coefficient (Wildman–Crippen LogP) is 3.70. The van der Waals surface area contributed by atoms with Gasteiger partial charge in [0.05, 0.1) is 0 Å². The lowest BCUT2D eigenvalue weighted by molar-refractivity contribution is -0.121. The molecule has 2 aromatic rings. The number of hydrogen-bond acceptors (Lipinski definition) is 6. The fourth-order valence-corrected chi connectivity index (χ4v) is 4.30. The summed E-state index contributed by atoms with van der Waals surface area (Å²) in [6.07, 6.45) is 6.50. The summed E-state index contributed by atoms with van der Waals surface area (Å²) in [7, 11) is 3.98. The number of anilines is 2. The molecule has 8 nitrogen and oxygen atoms in total. The van der Waals surface area contributed by atoms with Crippen LogP contribution in [0.3, 0.4) is 0 Å². The van der Waals surface area contributed by atoms with Crippen LogP contribution in [-0.2, 0) is 21.5 Å². The van der Waals surface area contributed by atoms with Crippen molar-refractivity contribution in [2.24, 2.45) is 0 Å². The molecule has 0 bridgehead atoms. The Kier molecular flexibility index (Phi) is 7.30. The number of amides is 2. The molecular weight excluding hydrogens is 394 g/mol. The number of hydrogen-bond donors (Lipinski definition) is 2. The van der Waals surface area contributed by atoms with E-state index in [-0.39, 0.29) is 18.2 Å². The first-order valence-corrected chi connectivity index (χ1v) is 11.0. The summed E-state index contributed by atoms with van der Waals surface area (Å²) in [6.45, 7) is 3.54. The summed E-state index contributed by atoms with van der Waals surface area (Å²) >= 11 is 0. The number of rotatable bonds is 7. The van der Waals surface area contributed by atoms with E-state index in [0.29, 0.717) is 18.1 Å². The number of aryl methyl sites for hydroxylation is 2. The molecule has 8 heteroatoms. The van der Waals surface area contributed by atoms with Crippen LogP contribution in [0.1, 0.15) is 69.1 Å². The third-order valence-electron chi connectivity index (χ3n) is 5.80. The molecule has 1 heterocycles. The van der Waals surface area contributed by atoms with Crippen molar-refractivity contribution in [1.29, 1.82) is 0 Å². The molecular formula is C23H33N5O3. The molecule has 0 radical (unpaired) electrons. The second-order valence-corrected chi connectivity index (χ2v) is 8.63. The number of carbonyl (C=O) groups excluding carboxylic acids is 2. The minimum Gasteiger partial charge on any atom is -0.377 e. The normalized spacial score (nSPS) is 15.7. The fourth-order valence-electron chi connectivity index (χ4n) is 4.30. The van der Waals surface area contributed by atoms with Crippen molar-refractivity contribution in [2.45, 2.75) is 70.8 Å². The quantitative estimate of drug-likeness (QED) is 0.654. The number of carbonyl (C=O) groups is 2. The summed E-state index contributed by atoms with van der Waals surface area (Å²) in [5.41, 5.74) is 2.40. The summed E-state index contributed by atoms with van der Waals surface area (Å²) in [6, 6.07) is 5.85. The predicted molar refractivity (Wildman–Crippen MR) is 120 cm³/mol. The molecule has 3 rings (SSSR count). The van der Waals surface area contributed by atoms with Gasteiger partial charge in [-0.2, -0.15) is 4.98 Å². The van der Waals surface area contributed by atoms with Crippen LogP contribution in [0.2, 0.25) is 0 Å². The molecule has 0 spiro atoms. The maximum atomic E-state index is 12.4. The molecule has 0 unspecified atom stereocenters. The van der Waals surface area contributed by atoms with Crippen molar-refractivity contribution in [3.63, 3.8) is 0 Å². The van der Waals surface area contributed by atoms with Gasteiger partial charge in [-0.25, -0.2) is 0 Å². The molecule has 1 aromatic heterocycles. The monoisotopic (exact) mass is 427 g/mol. The zero-order valence-electron chi connectivity index (χ0n) is 19.0. The van der Waals surface area contributed by atoms with Crippen molar-refractivity contribution in [1.82, 2.24) is 15.5 Å². The molecule has 0 aliphatic heterocycles.